The second-order valence-electron chi connectivity index (χ2n) is 7.13. The molecule has 0 radical (unpaired) electrons. The highest BCUT2D eigenvalue weighted by Crippen LogP contribution is 2.23. The Labute approximate surface area is 154 Å². The maximum atomic E-state index is 13.8. The average Bonchev–Trinajstić information content (AvgIpc) is 3.10. The Morgan fingerprint density at radius 1 is 1.26 bits per heavy atom. The Balaban J connectivity index is 1.38. The fourth-order valence-corrected chi connectivity index (χ4v) is 3.79. The minimum absolute atomic E-state index is 0.173. The van der Waals surface area contributed by atoms with Crippen LogP contribution in [-0.2, 0) is 13.0 Å². The number of hydrogen-bond donors (Lipinski definition) is 1. The van der Waals surface area contributed by atoms with Crippen LogP contribution in [0.5, 0.6) is 0 Å². The van der Waals surface area contributed by atoms with Gasteiger partial charge in [-0.15, -0.1) is 0 Å². The number of piperidine rings is 1. The number of benzene rings is 1. The number of aromatic nitrogens is 4. The molecule has 1 atom stereocenters. The molecule has 1 unspecified atom stereocenters. The number of aromatic amines is 1. The first-order valence-corrected chi connectivity index (χ1v) is 9.17. The minimum atomic E-state index is -0.544. The van der Waals surface area contributed by atoms with Crippen molar-refractivity contribution in [3.8, 4) is 0 Å². The molecule has 2 aromatic heterocycles. The van der Waals surface area contributed by atoms with E-state index < -0.39 is 11.6 Å². The molecule has 0 amide bonds. The van der Waals surface area contributed by atoms with Gasteiger partial charge in [0, 0.05) is 25.2 Å². The fourth-order valence-electron chi connectivity index (χ4n) is 3.79. The summed E-state index contributed by atoms with van der Waals surface area (Å²) < 4.78 is 28.1. The van der Waals surface area contributed by atoms with Gasteiger partial charge in [-0.25, -0.2) is 18.7 Å². The van der Waals surface area contributed by atoms with Crippen molar-refractivity contribution in [1.82, 2.24) is 24.5 Å². The molecule has 27 heavy (non-hydrogen) atoms. The van der Waals surface area contributed by atoms with Crippen molar-refractivity contribution in [3.05, 3.63) is 63.8 Å². The zero-order valence-electron chi connectivity index (χ0n) is 14.9. The first kappa shape index (κ1) is 17.8. The van der Waals surface area contributed by atoms with Crippen molar-refractivity contribution >= 4 is 5.78 Å². The second kappa shape index (κ2) is 7.56. The average molecular weight is 373 g/mol. The highest BCUT2D eigenvalue weighted by atomic mass is 19.1. The van der Waals surface area contributed by atoms with Gasteiger partial charge < -0.3 is 0 Å². The van der Waals surface area contributed by atoms with Crippen LogP contribution in [0, 0.1) is 17.6 Å². The summed E-state index contributed by atoms with van der Waals surface area (Å²) in [5.41, 5.74) is 1.09. The van der Waals surface area contributed by atoms with Gasteiger partial charge in [0.1, 0.15) is 18.0 Å². The van der Waals surface area contributed by atoms with E-state index in [0.29, 0.717) is 35.9 Å². The van der Waals surface area contributed by atoms with E-state index >= 15 is 0 Å². The molecule has 142 valence electrons. The van der Waals surface area contributed by atoms with Crippen molar-refractivity contribution in [3.63, 3.8) is 0 Å². The van der Waals surface area contributed by atoms with E-state index in [1.54, 1.807) is 0 Å². The first-order chi connectivity index (χ1) is 13.1. The minimum Gasteiger partial charge on any atom is -0.297 e. The maximum Gasteiger partial charge on any atom is 0.274 e. The molecule has 1 aliphatic rings. The van der Waals surface area contributed by atoms with Crippen LogP contribution in [0.25, 0.3) is 5.78 Å². The number of rotatable bonds is 5. The Morgan fingerprint density at radius 3 is 3.00 bits per heavy atom. The van der Waals surface area contributed by atoms with E-state index in [0.717, 1.165) is 38.4 Å². The van der Waals surface area contributed by atoms with Gasteiger partial charge in [-0.1, -0.05) is 6.07 Å². The van der Waals surface area contributed by atoms with Crippen LogP contribution >= 0.6 is 0 Å². The van der Waals surface area contributed by atoms with Crippen LogP contribution in [0.1, 0.15) is 30.5 Å². The summed E-state index contributed by atoms with van der Waals surface area (Å²) in [6.07, 6.45) is 5.05. The van der Waals surface area contributed by atoms with Gasteiger partial charge in [0.15, 0.2) is 0 Å². The van der Waals surface area contributed by atoms with Crippen LogP contribution in [0.3, 0.4) is 0 Å². The van der Waals surface area contributed by atoms with Crippen molar-refractivity contribution in [2.45, 2.75) is 32.2 Å². The van der Waals surface area contributed by atoms with Gasteiger partial charge >= 0.3 is 0 Å². The number of halogens is 2. The number of H-pyrrole nitrogens is 1. The van der Waals surface area contributed by atoms with Crippen molar-refractivity contribution in [1.29, 1.82) is 0 Å². The lowest BCUT2D eigenvalue weighted by atomic mass is 9.91. The zero-order chi connectivity index (χ0) is 18.8. The number of nitrogens with zero attached hydrogens (tertiary/aromatic N) is 4. The molecule has 0 bridgehead atoms. The summed E-state index contributed by atoms with van der Waals surface area (Å²) in [6, 6.07) is 5.31. The molecule has 1 aliphatic heterocycles. The van der Waals surface area contributed by atoms with Gasteiger partial charge in [0.05, 0.1) is 5.69 Å². The third-order valence-electron chi connectivity index (χ3n) is 5.15. The molecular weight excluding hydrogens is 352 g/mol. The Hall–Kier alpha value is -2.61. The quantitative estimate of drug-likeness (QED) is 0.746. The topological polar surface area (TPSA) is 66.3 Å². The van der Waals surface area contributed by atoms with E-state index in [1.807, 2.05) is 0 Å². The molecule has 0 saturated carbocycles. The van der Waals surface area contributed by atoms with Crippen LogP contribution in [0.15, 0.2) is 35.4 Å². The normalized spacial score (nSPS) is 18.2. The second-order valence-corrected chi connectivity index (χ2v) is 7.13. The third-order valence-corrected chi connectivity index (χ3v) is 5.15. The predicted molar refractivity (Wildman–Crippen MR) is 96.3 cm³/mol. The van der Waals surface area contributed by atoms with Crippen LogP contribution in [0.4, 0.5) is 8.78 Å². The summed E-state index contributed by atoms with van der Waals surface area (Å²) in [7, 11) is 0. The van der Waals surface area contributed by atoms with Crippen LogP contribution in [-0.4, -0.2) is 37.6 Å². The SMILES string of the molecule is O=c1cc(CN2CCCC(CCc3ccc(F)cc3F)C2)nc2nc[nH]n12. The molecule has 0 aliphatic carbocycles. The Kier molecular flexibility index (Phi) is 4.98. The highest BCUT2D eigenvalue weighted by molar-refractivity contribution is 5.26. The van der Waals surface area contributed by atoms with Gasteiger partial charge in [0.25, 0.3) is 11.3 Å². The van der Waals surface area contributed by atoms with Gasteiger partial charge in [-0.2, -0.15) is 4.52 Å². The van der Waals surface area contributed by atoms with E-state index in [1.165, 1.54) is 29.0 Å². The summed E-state index contributed by atoms with van der Waals surface area (Å²) in [5, 5.41) is 2.73. The number of fused-ring (bicyclic) bond motifs is 1. The standard InChI is InChI=1S/C19H21F2N5O/c20-15-6-5-14(17(21)8-15)4-3-13-2-1-7-25(10-13)11-16-9-18(27)26-19(24-16)22-12-23-26/h5-6,8-9,12-13H,1-4,7,10-11H2,(H,22,23,24). The largest absolute Gasteiger partial charge is 0.297 e. The Bertz CT molecular complexity index is 999. The lowest BCUT2D eigenvalue weighted by Gasteiger charge is -2.32. The molecule has 0 spiro atoms. The van der Waals surface area contributed by atoms with Crippen LogP contribution < -0.4 is 5.56 Å². The third kappa shape index (κ3) is 4.05. The molecule has 6 nitrogen and oxygen atoms in total. The first-order valence-electron chi connectivity index (χ1n) is 9.17. The van der Waals surface area contributed by atoms with Crippen molar-refractivity contribution in [2.75, 3.05) is 13.1 Å². The summed E-state index contributed by atoms with van der Waals surface area (Å²) in [5.74, 6) is -0.201. The molecule has 1 N–H and O–H groups in total. The number of aryl methyl sites for hydroxylation is 1. The summed E-state index contributed by atoms with van der Waals surface area (Å²) in [6.45, 7) is 2.42. The predicted octanol–water partition coefficient (Wildman–Crippen LogP) is 2.54. The lowest BCUT2D eigenvalue weighted by Crippen LogP contribution is -2.35. The fraction of sp³-hybridized carbons (Fsp3) is 0.421. The van der Waals surface area contributed by atoms with Gasteiger partial charge in [0.2, 0.25) is 0 Å². The molecule has 8 heteroatoms. The molecule has 1 saturated heterocycles. The van der Waals surface area contributed by atoms with Crippen molar-refractivity contribution < 1.29 is 8.78 Å². The zero-order valence-corrected chi connectivity index (χ0v) is 14.9. The molecule has 3 aromatic rings. The molecule has 1 aromatic carbocycles. The molecule has 4 rings (SSSR count). The van der Waals surface area contributed by atoms with Gasteiger partial charge in [-0.3, -0.25) is 14.8 Å². The number of nitrogens with one attached hydrogen (secondary N) is 1. The maximum absolute atomic E-state index is 13.8. The number of hydrogen-bond acceptors (Lipinski definition) is 4. The molecule has 3 heterocycles. The highest BCUT2D eigenvalue weighted by Gasteiger charge is 2.21. The Morgan fingerprint density at radius 2 is 2.15 bits per heavy atom. The van der Waals surface area contributed by atoms with Gasteiger partial charge in [-0.05, 0) is 49.8 Å². The number of likely N-dealkylation sites (tertiary alicyclic amines) is 1. The molecular formula is C19H21F2N5O. The van der Waals surface area contributed by atoms with E-state index in [2.05, 4.69) is 20.0 Å². The van der Waals surface area contributed by atoms with Crippen LogP contribution in [0.2, 0.25) is 0 Å². The monoisotopic (exact) mass is 373 g/mol. The summed E-state index contributed by atoms with van der Waals surface area (Å²) >= 11 is 0. The van der Waals surface area contributed by atoms with E-state index in [9.17, 15) is 13.6 Å². The van der Waals surface area contributed by atoms with E-state index in [4.69, 9.17) is 0 Å². The lowest BCUT2D eigenvalue weighted by molar-refractivity contribution is 0.160. The van der Waals surface area contributed by atoms with Crippen molar-refractivity contribution in [2.24, 2.45) is 5.92 Å². The smallest absolute Gasteiger partial charge is 0.274 e. The molecule has 1 fully saturated rings. The summed E-state index contributed by atoms with van der Waals surface area (Å²) in [4.78, 5) is 22.8. The van der Waals surface area contributed by atoms with E-state index in [-0.39, 0.29) is 5.56 Å².